The molecule has 1 aromatic carbocycles. The van der Waals surface area contributed by atoms with Crippen LogP contribution in [0.5, 0.6) is 0 Å². The Morgan fingerprint density at radius 2 is 1.94 bits per heavy atom. The van der Waals surface area contributed by atoms with Gasteiger partial charge >= 0.3 is 0 Å². The third-order valence-corrected chi connectivity index (χ3v) is 5.17. The normalized spacial score (nSPS) is 37.4. The van der Waals surface area contributed by atoms with E-state index in [0.717, 1.165) is 22.8 Å². The van der Waals surface area contributed by atoms with Crippen LogP contribution >= 0.6 is 11.9 Å². The number of piperidine rings is 1. The van der Waals surface area contributed by atoms with Gasteiger partial charge in [-0.15, -0.1) is 0 Å². The second kappa shape index (κ2) is 3.74. The Morgan fingerprint density at radius 1 is 1.25 bits per heavy atom. The van der Waals surface area contributed by atoms with Crippen LogP contribution in [0.25, 0.3) is 0 Å². The number of hydrogen-bond donors (Lipinski definition) is 0. The van der Waals surface area contributed by atoms with Gasteiger partial charge in [-0.1, -0.05) is 6.92 Å². The molecule has 86 valence electrons. The van der Waals surface area contributed by atoms with Crippen molar-refractivity contribution in [3.05, 3.63) is 30.1 Å². The Bertz CT molecular complexity index is 391. The summed E-state index contributed by atoms with van der Waals surface area (Å²) in [7, 11) is 0. The van der Waals surface area contributed by atoms with Crippen molar-refractivity contribution in [1.29, 1.82) is 0 Å². The summed E-state index contributed by atoms with van der Waals surface area (Å²) in [6.45, 7) is 4.62. The highest BCUT2D eigenvalue weighted by Crippen LogP contribution is 2.56. The smallest absolute Gasteiger partial charge is 0.123 e. The van der Waals surface area contributed by atoms with E-state index in [1.54, 1.807) is 11.9 Å². The van der Waals surface area contributed by atoms with Crippen LogP contribution in [0.4, 0.5) is 4.39 Å². The second-order valence-electron chi connectivity index (χ2n) is 5.00. The lowest BCUT2D eigenvalue weighted by Gasteiger charge is -2.24. The summed E-state index contributed by atoms with van der Waals surface area (Å²) >= 11 is 1.79. The number of rotatable bonds is 2. The van der Waals surface area contributed by atoms with Gasteiger partial charge in [-0.3, -0.25) is 0 Å². The summed E-state index contributed by atoms with van der Waals surface area (Å²) in [4.78, 5) is 1.15. The summed E-state index contributed by atoms with van der Waals surface area (Å²) in [6, 6.07) is 8.22. The predicted octanol–water partition coefficient (Wildman–Crippen LogP) is 3.56. The fourth-order valence-electron chi connectivity index (χ4n) is 2.86. The van der Waals surface area contributed by atoms with E-state index in [1.165, 1.54) is 18.6 Å². The molecule has 0 bridgehead atoms. The molecule has 2 fully saturated rings. The van der Waals surface area contributed by atoms with Crippen LogP contribution in [-0.4, -0.2) is 16.4 Å². The van der Waals surface area contributed by atoms with Crippen LogP contribution < -0.4 is 0 Å². The minimum absolute atomic E-state index is 0.156. The molecule has 3 heteroatoms. The molecule has 1 nitrogen and oxygen atoms in total. The molecule has 3 rings (SSSR count). The molecule has 1 aromatic rings. The number of halogens is 1. The van der Waals surface area contributed by atoms with Gasteiger partial charge in [0.25, 0.3) is 0 Å². The zero-order valence-electron chi connectivity index (χ0n) is 9.56. The van der Waals surface area contributed by atoms with E-state index in [0.29, 0.717) is 6.04 Å². The van der Waals surface area contributed by atoms with E-state index in [4.69, 9.17) is 0 Å². The molecule has 1 heterocycles. The highest BCUT2D eigenvalue weighted by atomic mass is 32.2. The van der Waals surface area contributed by atoms with Gasteiger partial charge in [-0.2, -0.15) is 0 Å². The average molecular weight is 237 g/mol. The predicted molar refractivity (Wildman–Crippen MR) is 64.6 cm³/mol. The largest absolute Gasteiger partial charge is 0.240 e. The molecule has 0 N–H and O–H groups in total. The van der Waals surface area contributed by atoms with Crippen LogP contribution in [0.2, 0.25) is 0 Å². The topological polar surface area (TPSA) is 3.24 Å². The van der Waals surface area contributed by atoms with Crippen LogP contribution in [0.1, 0.15) is 20.3 Å². The van der Waals surface area contributed by atoms with Crippen molar-refractivity contribution in [2.24, 2.45) is 11.8 Å². The molecule has 1 saturated heterocycles. The van der Waals surface area contributed by atoms with E-state index < -0.39 is 0 Å². The summed E-state index contributed by atoms with van der Waals surface area (Å²) in [5.41, 5.74) is 0. The third-order valence-electron chi connectivity index (χ3n) is 3.88. The first kappa shape index (κ1) is 10.6. The molecule has 16 heavy (non-hydrogen) atoms. The lowest BCUT2D eigenvalue weighted by Crippen LogP contribution is -2.25. The zero-order valence-corrected chi connectivity index (χ0v) is 10.4. The van der Waals surface area contributed by atoms with Crippen molar-refractivity contribution >= 4 is 11.9 Å². The molecule has 2 aliphatic rings. The van der Waals surface area contributed by atoms with Gasteiger partial charge in [-0.05, 0) is 61.4 Å². The molecular weight excluding hydrogens is 221 g/mol. The van der Waals surface area contributed by atoms with Crippen molar-refractivity contribution < 1.29 is 4.39 Å². The maximum Gasteiger partial charge on any atom is 0.123 e. The highest BCUT2D eigenvalue weighted by Gasteiger charge is 2.57. The van der Waals surface area contributed by atoms with Gasteiger partial charge in [0.2, 0.25) is 0 Å². The number of fused-ring (bicyclic) bond motifs is 1. The standard InChI is InChI=1S/C13H16FNS/c1-8-7-12-9(2)13(12)15(8)16-11-5-3-10(14)4-6-11/h3-6,8-9,12-13H,7H2,1-2H3/t8-,9+,12?,13?/m1/s1. The van der Waals surface area contributed by atoms with Gasteiger partial charge in [0, 0.05) is 17.0 Å². The lowest BCUT2D eigenvalue weighted by atomic mass is 10.2. The quantitative estimate of drug-likeness (QED) is 0.723. The van der Waals surface area contributed by atoms with Crippen molar-refractivity contribution in [1.82, 2.24) is 4.31 Å². The highest BCUT2D eigenvalue weighted by molar-refractivity contribution is 7.97. The Morgan fingerprint density at radius 3 is 2.56 bits per heavy atom. The van der Waals surface area contributed by atoms with Crippen LogP contribution in [0.15, 0.2) is 29.2 Å². The molecule has 1 aliphatic heterocycles. The molecule has 0 aromatic heterocycles. The average Bonchev–Trinajstić information content (AvgIpc) is 2.74. The van der Waals surface area contributed by atoms with E-state index in [2.05, 4.69) is 18.2 Å². The van der Waals surface area contributed by atoms with Gasteiger partial charge in [0.05, 0.1) is 0 Å². The van der Waals surface area contributed by atoms with Gasteiger partial charge in [0.15, 0.2) is 0 Å². The van der Waals surface area contributed by atoms with Crippen molar-refractivity contribution in [3.8, 4) is 0 Å². The van der Waals surface area contributed by atoms with Crippen molar-refractivity contribution in [2.75, 3.05) is 0 Å². The van der Waals surface area contributed by atoms with Gasteiger partial charge < -0.3 is 0 Å². The zero-order chi connectivity index (χ0) is 11.3. The Hall–Kier alpha value is -0.540. The van der Waals surface area contributed by atoms with E-state index in [-0.39, 0.29) is 5.82 Å². The van der Waals surface area contributed by atoms with Crippen LogP contribution in [-0.2, 0) is 0 Å². The Kier molecular flexibility index (Phi) is 2.48. The summed E-state index contributed by atoms with van der Waals surface area (Å²) in [5, 5.41) is 0. The molecule has 0 radical (unpaired) electrons. The molecule has 1 aliphatic carbocycles. The Balaban J connectivity index is 1.72. The number of nitrogens with zero attached hydrogens (tertiary/aromatic N) is 1. The van der Waals surface area contributed by atoms with Crippen molar-refractivity contribution in [3.63, 3.8) is 0 Å². The Labute approximate surface area is 100 Å². The first-order chi connectivity index (χ1) is 7.66. The fourth-order valence-corrected chi connectivity index (χ4v) is 4.09. The van der Waals surface area contributed by atoms with E-state index >= 15 is 0 Å². The number of benzene rings is 1. The van der Waals surface area contributed by atoms with Gasteiger partial charge in [-0.25, -0.2) is 8.70 Å². The SMILES string of the molecule is C[C@H]1C2C[C@@H](C)N(Sc3ccc(F)cc3)C21. The molecule has 2 unspecified atom stereocenters. The summed E-state index contributed by atoms with van der Waals surface area (Å²) < 4.78 is 15.3. The first-order valence-electron chi connectivity index (χ1n) is 5.88. The van der Waals surface area contributed by atoms with Crippen LogP contribution in [0.3, 0.4) is 0 Å². The second-order valence-corrected chi connectivity index (χ2v) is 6.08. The molecule has 0 spiro atoms. The number of hydrogen-bond acceptors (Lipinski definition) is 2. The molecular formula is C13H16FNS. The maximum absolute atomic E-state index is 12.8. The minimum atomic E-state index is -0.156. The summed E-state index contributed by atoms with van der Waals surface area (Å²) in [6.07, 6.45) is 1.32. The minimum Gasteiger partial charge on any atom is -0.240 e. The maximum atomic E-state index is 12.8. The third kappa shape index (κ3) is 1.66. The monoisotopic (exact) mass is 237 g/mol. The van der Waals surface area contributed by atoms with Crippen LogP contribution in [0, 0.1) is 17.7 Å². The lowest BCUT2D eigenvalue weighted by molar-refractivity contribution is 0.380. The fraction of sp³-hybridized carbons (Fsp3) is 0.538. The first-order valence-corrected chi connectivity index (χ1v) is 6.66. The molecule has 0 amide bonds. The molecule has 4 atom stereocenters. The van der Waals surface area contributed by atoms with Crippen molar-refractivity contribution in [2.45, 2.75) is 37.2 Å². The van der Waals surface area contributed by atoms with E-state index in [9.17, 15) is 4.39 Å². The molecule has 1 saturated carbocycles. The summed E-state index contributed by atoms with van der Waals surface area (Å²) in [5.74, 6) is 1.60. The van der Waals surface area contributed by atoms with Gasteiger partial charge in [0.1, 0.15) is 5.82 Å². The van der Waals surface area contributed by atoms with E-state index in [1.807, 2.05) is 12.1 Å².